The SMILES string of the molecule is CCn1nc(C)cc1COc1ccc(F)cc1CNC. The Morgan fingerprint density at radius 3 is 2.85 bits per heavy atom. The van der Waals surface area contributed by atoms with Crippen LogP contribution in [0.2, 0.25) is 0 Å². The summed E-state index contributed by atoms with van der Waals surface area (Å²) in [6.45, 7) is 5.80. The van der Waals surface area contributed by atoms with Gasteiger partial charge in [-0.05, 0) is 45.2 Å². The third-order valence-corrected chi connectivity index (χ3v) is 3.05. The zero-order valence-corrected chi connectivity index (χ0v) is 12.1. The fourth-order valence-corrected chi connectivity index (χ4v) is 2.16. The fraction of sp³-hybridized carbons (Fsp3) is 0.400. The van der Waals surface area contributed by atoms with Crippen LogP contribution in [0.4, 0.5) is 4.39 Å². The normalized spacial score (nSPS) is 10.8. The second-order valence-electron chi connectivity index (χ2n) is 4.66. The Kier molecular flexibility index (Phi) is 4.74. The van der Waals surface area contributed by atoms with Gasteiger partial charge in [-0.1, -0.05) is 0 Å². The highest BCUT2D eigenvalue weighted by Gasteiger charge is 2.08. The Bertz CT molecular complexity index is 580. The van der Waals surface area contributed by atoms with E-state index in [1.165, 1.54) is 12.1 Å². The lowest BCUT2D eigenvalue weighted by Crippen LogP contribution is -2.10. The van der Waals surface area contributed by atoms with Crippen molar-refractivity contribution in [1.82, 2.24) is 15.1 Å². The van der Waals surface area contributed by atoms with E-state index in [4.69, 9.17) is 4.74 Å². The summed E-state index contributed by atoms with van der Waals surface area (Å²) in [4.78, 5) is 0. The van der Waals surface area contributed by atoms with Gasteiger partial charge in [-0.15, -0.1) is 0 Å². The Hall–Kier alpha value is -1.88. The zero-order chi connectivity index (χ0) is 14.5. The average molecular weight is 277 g/mol. The second-order valence-corrected chi connectivity index (χ2v) is 4.66. The minimum Gasteiger partial charge on any atom is -0.487 e. The first-order valence-electron chi connectivity index (χ1n) is 6.73. The van der Waals surface area contributed by atoms with Gasteiger partial charge in [0.15, 0.2) is 0 Å². The van der Waals surface area contributed by atoms with E-state index in [-0.39, 0.29) is 5.82 Å². The van der Waals surface area contributed by atoms with E-state index >= 15 is 0 Å². The van der Waals surface area contributed by atoms with Crippen LogP contribution in [0.25, 0.3) is 0 Å². The third kappa shape index (κ3) is 3.36. The van der Waals surface area contributed by atoms with Crippen molar-refractivity contribution in [3.05, 3.63) is 47.0 Å². The molecule has 0 fully saturated rings. The summed E-state index contributed by atoms with van der Waals surface area (Å²) in [6, 6.07) is 6.58. The van der Waals surface area contributed by atoms with Crippen molar-refractivity contribution in [2.45, 2.75) is 33.5 Å². The summed E-state index contributed by atoms with van der Waals surface area (Å²) in [5.41, 5.74) is 2.80. The molecule has 0 radical (unpaired) electrons. The maximum absolute atomic E-state index is 13.3. The van der Waals surface area contributed by atoms with Crippen molar-refractivity contribution < 1.29 is 9.13 Å². The van der Waals surface area contributed by atoms with Crippen molar-refractivity contribution in [2.24, 2.45) is 0 Å². The smallest absolute Gasteiger partial charge is 0.130 e. The van der Waals surface area contributed by atoms with Gasteiger partial charge < -0.3 is 10.1 Å². The van der Waals surface area contributed by atoms with E-state index in [1.807, 2.05) is 31.6 Å². The third-order valence-electron chi connectivity index (χ3n) is 3.05. The molecule has 0 aliphatic rings. The van der Waals surface area contributed by atoms with E-state index in [0.717, 1.165) is 23.5 Å². The van der Waals surface area contributed by atoms with Crippen LogP contribution in [0, 0.1) is 12.7 Å². The van der Waals surface area contributed by atoms with Gasteiger partial charge in [0, 0.05) is 18.7 Å². The number of aryl methyl sites for hydroxylation is 2. The highest BCUT2D eigenvalue weighted by Crippen LogP contribution is 2.21. The van der Waals surface area contributed by atoms with E-state index in [9.17, 15) is 4.39 Å². The molecule has 0 amide bonds. The monoisotopic (exact) mass is 277 g/mol. The molecule has 0 atom stereocenters. The Morgan fingerprint density at radius 1 is 1.35 bits per heavy atom. The molecule has 20 heavy (non-hydrogen) atoms. The molecule has 0 spiro atoms. The summed E-state index contributed by atoms with van der Waals surface area (Å²) in [5, 5.41) is 7.39. The molecule has 0 aliphatic heterocycles. The Labute approximate surface area is 118 Å². The summed E-state index contributed by atoms with van der Waals surface area (Å²) >= 11 is 0. The predicted molar refractivity (Wildman–Crippen MR) is 76.1 cm³/mol. The summed E-state index contributed by atoms with van der Waals surface area (Å²) in [5.74, 6) is 0.444. The van der Waals surface area contributed by atoms with Gasteiger partial charge in [-0.2, -0.15) is 5.10 Å². The van der Waals surface area contributed by atoms with Crippen molar-refractivity contribution in [1.29, 1.82) is 0 Å². The molecule has 2 rings (SSSR count). The van der Waals surface area contributed by atoms with Gasteiger partial charge in [0.1, 0.15) is 18.2 Å². The molecule has 0 saturated carbocycles. The van der Waals surface area contributed by atoms with Gasteiger partial charge in [0.2, 0.25) is 0 Å². The topological polar surface area (TPSA) is 39.1 Å². The molecule has 1 aromatic heterocycles. The van der Waals surface area contributed by atoms with Gasteiger partial charge in [-0.3, -0.25) is 4.68 Å². The van der Waals surface area contributed by atoms with Crippen LogP contribution in [-0.2, 0) is 19.7 Å². The first-order valence-corrected chi connectivity index (χ1v) is 6.73. The summed E-state index contributed by atoms with van der Waals surface area (Å²) in [7, 11) is 1.82. The molecule has 0 saturated heterocycles. The lowest BCUT2D eigenvalue weighted by molar-refractivity contribution is 0.288. The van der Waals surface area contributed by atoms with Crippen LogP contribution in [0.1, 0.15) is 23.9 Å². The average Bonchev–Trinajstić information content (AvgIpc) is 2.78. The fourth-order valence-electron chi connectivity index (χ4n) is 2.16. The van der Waals surface area contributed by atoms with Crippen LogP contribution in [0.5, 0.6) is 5.75 Å². The van der Waals surface area contributed by atoms with Crippen molar-refractivity contribution in [3.63, 3.8) is 0 Å². The molecule has 0 unspecified atom stereocenters. The molecule has 0 aliphatic carbocycles. The molecule has 4 nitrogen and oxygen atoms in total. The number of aromatic nitrogens is 2. The second kappa shape index (κ2) is 6.52. The number of nitrogens with one attached hydrogen (secondary N) is 1. The molecule has 5 heteroatoms. The molecule has 108 valence electrons. The lowest BCUT2D eigenvalue weighted by atomic mass is 10.2. The van der Waals surface area contributed by atoms with E-state index in [0.29, 0.717) is 18.9 Å². The van der Waals surface area contributed by atoms with Gasteiger partial charge in [-0.25, -0.2) is 4.39 Å². The highest BCUT2D eigenvalue weighted by atomic mass is 19.1. The summed E-state index contributed by atoms with van der Waals surface area (Å²) < 4.78 is 21.0. The maximum atomic E-state index is 13.3. The zero-order valence-electron chi connectivity index (χ0n) is 12.1. The van der Waals surface area contributed by atoms with Crippen LogP contribution in [0.3, 0.4) is 0 Å². The molecule has 2 aromatic rings. The molecular formula is C15H20FN3O. The van der Waals surface area contributed by atoms with Crippen LogP contribution in [-0.4, -0.2) is 16.8 Å². The van der Waals surface area contributed by atoms with Crippen LogP contribution >= 0.6 is 0 Å². The van der Waals surface area contributed by atoms with E-state index in [2.05, 4.69) is 10.4 Å². The van der Waals surface area contributed by atoms with Crippen molar-refractivity contribution in [3.8, 4) is 5.75 Å². The van der Waals surface area contributed by atoms with Crippen molar-refractivity contribution in [2.75, 3.05) is 7.05 Å². The quantitative estimate of drug-likeness (QED) is 0.882. The first kappa shape index (κ1) is 14.5. The minimum atomic E-state index is -0.253. The number of benzene rings is 1. The predicted octanol–water partition coefficient (Wildman–Crippen LogP) is 2.65. The van der Waals surface area contributed by atoms with Gasteiger partial charge >= 0.3 is 0 Å². The van der Waals surface area contributed by atoms with Crippen molar-refractivity contribution >= 4 is 0 Å². The molecule has 1 aromatic carbocycles. The highest BCUT2D eigenvalue weighted by molar-refractivity contribution is 5.34. The maximum Gasteiger partial charge on any atom is 0.130 e. The molecule has 1 heterocycles. The lowest BCUT2D eigenvalue weighted by Gasteiger charge is -2.12. The molecule has 0 bridgehead atoms. The number of hydrogen-bond acceptors (Lipinski definition) is 3. The number of halogens is 1. The van der Waals surface area contributed by atoms with E-state index in [1.54, 1.807) is 6.07 Å². The number of nitrogens with zero attached hydrogens (tertiary/aromatic N) is 2. The van der Waals surface area contributed by atoms with Crippen LogP contribution < -0.4 is 10.1 Å². The summed E-state index contributed by atoms with van der Waals surface area (Å²) in [6.07, 6.45) is 0. The van der Waals surface area contributed by atoms with Crippen LogP contribution in [0.15, 0.2) is 24.3 Å². The first-order chi connectivity index (χ1) is 9.63. The molecular weight excluding hydrogens is 257 g/mol. The standard InChI is InChI=1S/C15H20FN3O/c1-4-19-14(7-11(2)18-19)10-20-15-6-5-13(16)8-12(15)9-17-3/h5-8,17H,4,9-10H2,1-3H3. The van der Waals surface area contributed by atoms with E-state index < -0.39 is 0 Å². The molecule has 1 N–H and O–H groups in total. The number of rotatable bonds is 6. The number of hydrogen-bond donors (Lipinski definition) is 1. The Balaban J connectivity index is 2.13. The number of ether oxygens (including phenoxy) is 1. The van der Waals surface area contributed by atoms with Gasteiger partial charge in [0.05, 0.1) is 11.4 Å². The minimum absolute atomic E-state index is 0.253. The van der Waals surface area contributed by atoms with Gasteiger partial charge in [0.25, 0.3) is 0 Å². The Morgan fingerprint density at radius 2 is 2.15 bits per heavy atom. The largest absolute Gasteiger partial charge is 0.487 e.